The molecule has 2 bridgehead atoms. The van der Waals surface area contributed by atoms with E-state index < -0.39 is 83.8 Å². The fourth-order valence-electron chi connectivity index (χ4n) is 13.5. The van der Waals surface area contributed by atoms with Gasteiger partial charge in [-0.3, -0.25) is 19.2 Å². The number of Topliss-reactive ketones (excluding diaryl/α,β-unsaturated/α-hetero) is 3. The molecule has 1 amide bonds. The van der Waals surface area contributed by atoms with E-state index in [9.17, 15) is 39.3 Å². The van der Waals surface area contributed by atoms with Gasteiger partial charge < -0.3 is 58.7 Å². The summed E-state index contributed by atoms with van der Waals surface area (Å²) in [7, 11) is 2.94. The third kappa shape index (κ3) is 16.5. The number of nitrogens with zero attached hydrogens (tertiary/aromatic N) is 8. The van der Waals surface area contributed by atoms with Crippen LogP contribution in [0.2, 0.25) is 0 Å². The molecule has 3 aromatic heterocycles. The van der Waals surface area contributed by atoms with E-state index in [1.165, 1.54) is 12.0 Å². The summed E-state index contributed by atoms with van der Waals surface area (Å²) in [6.07, 6.45) is 14.2. The minimum atomic E-state index is -2.54. The van der Waals surface area contributed by atoms with E-state index in [4.69, 9.17) is 48.6 Å². The Morgan fingerprint density at radius 1 is 0.820 bits per heavy atom. The molecule has 4 aliphatic heterocycles. The van der Waals surface area contributed by atoms with Crippen LogP contribution in [0.3, 0.4) is 0 Å². The molecule has 3 aromatic rings. The lowest BCUT2D eigenvalue weighted by Gasteiger charge is -2.43. The molecule has 1 saturated carbocycles. The van der Waals surface area contributed by atoms with Crippen molar-refractivity contribution in [1.82, 2.24) is 34.4 Å². The number of hydrogen-bond donors (Lipinski definition) is 4. The van der Waals surface area contributed by atoms with Crippen LogP contribution in [0.4, 0.5) is 11.9 Å². The number of aryl methyl sites for hydroxylation is 1. The van der Waals surface area contributed by atoms with Gasteiger partial charge in [-0.1, -0.05) is 76.6 Å². The molecule has 3 saturated heterocycles. The molecule has 4 N–H and O–H groups in total. The highest BCUT2D eigenvalue weighted by atomic mass is 16.6. The number of cyclic esters (lactones) is 1. The molecular weight excluding hydrogens is 1140 g/mol. The number of aromatic nitrogens is 6. The largest absolute Gasteiger partial charge is 0.460 e. The summed E-state index contributed by atoms with van der Waals surface area (Å²) in [6.45, 7) is 21.2. The molecule has 1 unspecified atom stereocenters. The zero-order valence-electron chi connectivity index (χ0n) is 54.3. The Hall–Kier alpha value is -6.14. The van der Waals surface area contributed by atoms with Crippen LogP contribution in [-0.4, -0.2) is 180 Å². The van der Waals surface area contributed by atoms with Gasteiger partial charge in [-0.2, -0.15) is 4.98 Å². The molecule has 22 nitrogen and oxygen atoms in total. The smallest absolute Gasteiger partial charge is 0.329 e. The SMILES string of the molecule is CO[C@@H]1C[C@@H](CC(C)[C@@H]2CC(=O)[C@H](C)/C=C(\C)[C@@H](O)[C@@H](OC)C(=O)[C@H](C)C[C@H](C)/C=C/C=C/C=C(/C)[C@H](Nc3ncc(-c4nc(N5CCOCC5)nc5c4nc(C)n5C(C)C)cn3)C[C@@H]3CC[C@@H](C)[C@@](O)(O3)C(=O)C(=O)N3CCCC[C@H]3C(=O)O2)CC[C@H]1O. The Morgan fingerprint density at radius 2 is 1.55 bits per heavy atom. The van der Waals surface area contributed by atoms with E-state index in [0.29, 0.717) is 118 Å². The van der Waals surface area contributed by atoms with Crippen molar-refractivity contribution in [1.29, 1.82) is 0 Å². The molecule has 488 valence electrons. The number of esters is 1. The van der Waals surface area contributed by atoms with Gasteiger partial charge in [-0.15, -0.1) is 0 Å². The highest BCUT2D eigenvalue weighted by Crippen LogP contribution is 2.39. The average molecular weight is 1240 g/mol. The van der Waals surface area contributed by atoms with Gasteiger partial charge >= 0.3 is 5.97 Å². The molecule has 4 fully saturated rings. The van der Waals surface area contributed by atoms with Crippen LogP contribution < -0.4 is 10.2 Å². The van der Waals surface area contributed by atoms with Gasteiger partial charge in [0.15, 0.2) is 11.4 Å². The Labute approximate surface area is 524 Å². The maximum atomic E-state index is 14.8. The van der Waals surface area contributed by atoms with E-state index in [1.807, 2.05) is 65.0 Å². The molecule has 0 spiro atoms. The number of nitrogens with one attached hydrogen (secondary N) is 1. The van der Waals surface area contributed by atoms with Crippen LogP contribution in [0.1, 0.15) is 151 Å². The third-order valence-corrected chi connectivity index (χ3v) is 19.0. The van der Waals surface area contributed by atoms with Crippen LogP contribution in [0.15, 0.2) is 60.0 Å². The number of anilines is 2. The number of carbonyl (C=O) groups excluding carboxylic acids is 5. The minimum absolute atomic E-state index is 0.0434. The van der Waals surface area contributed by atoms with Crippen LogP contribution in [-0.2, 0) is 47.7 Å². The topological polar surface area (TPSA) is 280 Å². The van der Waals surface area contributed by atoms with Crippen molar-refractivity contribution in [2.75, 3.05) is 57.3 Å². The third-order valence-electron chi connectivity index (χ3n) is 19.0. The lowest BCUT2D eigenvalue weighted by atomic mass is 9.78. The van der Waals surface area contributed by atoms with Gasteiger partial charge in [0.05, 0.1) is 37.6 Å². The van der Waals surface area contributed by atoms with E-state index in [0.717, 1.165) is 11.4 Å². The van der Waals surface area contributed by atoms with Crippen LogP contribution in [0.25, 0.3) is 22.4 Å². The molecule has 0 aromatic carbocycles. The fourth-order valence-corrected chi connectivity index (χ4v) is 13.5. The number of ketones is 3. The Bertz CT molecular complexity index is 3080. The first kappa shape index (κ1) is 68.8. The zero-order valence-corrected chi connectivity index (χ0v) is 54.3. The fraction of sp³-hybridized carbons (Fsp3) is 0.672. The number of allylic oxidation sites excluding steroid dienone is 6. The molecule has 22 heteroatoms. The highest BCUT2D eigenvalue weighted by Gasteiger charge is 2.53. The average Bonchev–Trinajstić information content (AvgIpc) is 2.04. The van der Waals surface area contributed by atoms with Crippen molar-refractivity contribution in [3.63, 3.8) is 0 Å². The molecule has 89 heavy (non-hydrogen) atoms. The molecule has 0 radical (unpaired) electrons. The van der Waals surface area contributed by atoms with Gasteiger partial charge in [0.1, 0.15) is 47.2 Å². The number of imidazole rings is 1. The van der Waals surface area contributed by atoms with E-state index in [2.05, 4.69) is 28.6 Å². The number of hydrogen-bond acceptors (Lipinski definition) is 20. The van der Waals surface area contributed by atoms with Crippen molar-refractivity contribution in [2.45, 2.75) is 207 Å². The minimum Gasteiger partial charge on any atom is -0.460 e. The Balaban J connectivity index is 1.11. The number of aliphatic hydroxyl groups is 3. The molecule has 15 atom stereocenters. The normalized spacial score (nSPS) is 33.8. The molecule has 7 heterocycles. The van der Waals surface area contributed by atoms with Gasteiger partial charge in [0, 0.05) is 82.0 Å². The first-order valence-electron chi connectivity index (χ1n) is 32.2. The quantitative estimate of drug-likeness (QED) is 0.0850. The molecular formula is C67H97N9O13. The van der Waals surface area contributed by atoms with Gasteiger partial charge in [0.25, 0.3) is 11.7 Å². The number of carbonyl (C=O) groups is 5. The summed E-state index contributed by atoms with van der Waals surface area (Å²) in [5, 5.41) is 38.2. The number of methoxy groups -OCH3 is 2. The first-order valence-corrected chi connectivity index (χ1v) is 32.2. The second kappa shape index (κ2) is 30.8. The zero-order chi connectivity index (χ0) is 64.4. The van der Waals surface area contributed by atoms with E-state index >= 15 is 0 Å². The number of rotatable bonds is 10. The second-order valence-corrected chi connectivity index (χ2v) is 26.1. The molecule has 8 rings (SSSR count). The summed E-state index contributed by atoms with van der Waals surface area (Å²) < 4.78 is 31.8. The number of fused-ring (bicyclic) bond motifs is 4. The summed E-state index contributed by atoms with van der Waals surface area (Å²) in [5.74, 6) is -6.89. The lowest BCUT2D eigenvalue weighted by molar-refractivity contribution is -0.263. The van der Waals surface area contributed by atoms with Crippen molar-refractivity contribution < 1.29 is 63.0 Å². The monoisotopic (exact) mass is 1240 g/mol. The first-order chi connectivity index (χ1) is 42.4. The molecule has 5 aliphatic rings. The van der Waals surface area contributed by atoms with Crippen molar-refractivity contribution >= 4 is 52.3 Å². The summed E-state index contributed by atoms with van der Waals surface area (Å²) in [4.78, 5) is 100. The Kier molecular flexibility index (Phi) is 23.8. The number of piperidine rings is 1. The number of amides is 1. The molecule has 1 aliphatic carbocycles. The maximum Gasteiger partial charge on any atom is 0.329 e. The van der Waals surface area contributed by atoms with Crippen LogP contribution in [0, 0.1) is 42.4 Å². The number of aliphatic hydroxyl groups excluding tert-OH is 2. The van der Waals surface area contributed by atoms with Gasteiger partial charge in [-0.05, 0) is 129 Å². The van der Waals surface area contributed by atoms with Crippen molar-refractivity contribution in [3.05, 3.63) is 65.8 Å². The van der Waals surface area contributed by atoms with E-state index in [-0.39, 0.29) is 73.2 Å². The summed E-state index contributed by atoms with van der Waals surface area (Å²) in [5.41, 5.74) is 3.75. The van der Waals surface area contributed by atoms with E-state index in [1.54, 1.807) is 46.4 Å². The predicted molar refractivity (Wildman–Crippen MR) is 336 cm³/mol. The standard InChI is InChI=1S/C67H97N9O13/c1-38(2)76-46(10)70-57-56(72-66(73-62(57)76)74-26-28-87-29-27-74)48-36-68-65(69-37-48)71-50-34-49-23-21-45(9)67(84,89-49)61(81)63(82)75-25-17-16-20-51(75)64(83)88-54(42(6)32-47-22-24-52(77)55(33-47)85-11)35-53(78)41(5)31-44(8)59(80)60(86-12)58(79)43(7)30-39(3)18-14-13-15-19-40(50)4/h13-15,18-19,31,36-39,41-43,45,47,49-52,54-55,59-60,77,80,84H,16-17,20-30,32-35H2,1-12H3,(H,68,69,71)/b15-13+,18-14+,40-19-,44-31+/t39-,41-,42?,43-,45-,47-,49+,50-,51+,52-,54+,55-,59-,60+,67-/m1/s1. The summed E-state index contributed by atoms with van der Waals surface area (Å²) >= 11 is 0. The van der Waals surface area contributed by atoms with Crippen molar-refractivity contribution in [3.8, 4) is 11.3 Å². The number of morpholine rings is 1. The van der Waals surface area contributed by atoms with Gasteiger partial charge in [0.2, 0.25) is 17.7 Å². The van der Waals surface area contributed by atoms with Crippen molar-refractivity contribution in [2.24, 2.45) is 35.5 Å². The number of ether oxygens (including phenoxy) is 5. The predicted octanol–water partition coefficient (Wildman–Crippen LogP) is 7.97. The maximum absolute atomic E-state index is 14.8. The van der Waals surface area contributed by atoms with Crippen LogP contribution >= 0.6 is 0 Å². The highest BCUT2D eigenvalue weighted by molar-refractivity contribution is 6.39. The summed E-state index contributed by atoms with van der Waals surface area (Å²) in [6, 6.07) is -1.65. The Morgan fingerprint density at radius 3 is 2.25 bits per heavy atom. The lowest BCUT2D eigenvalue weighted by Crippen LogP contribution is -2.61. The van der Waals surface area contributed by atoms with Crippen LogP contribution in [0.5, 0.6) is 0 Å². The second-order valence-electron chi connectivity index (χ2n) is 26.1. The van der Waals surface area contributed by atoms with Gasteiger partial charge in [-0.25, -0.2) is 24.7 Å².